The van der Waals surface area contributed by atoms with Crippen molar-refractivity contribution in [2.24, 2.45) is 0 Å². The van der Waals surface area contributed by atoms with Crippen LogP contribution in [0.25, 0.3) is 0 Å². The van der Waals surface area contributed by atoms with Gasteiger partial charge in [0.15, 0.2) is 0 Å². The SMILES string of the molecule is CCCCCCCC(=O)[O-].[Tl+]. The van der Waals surface area contributed by atoms with Crippen molar-refractivity contribution >= 4 is 33.3 Å². The number of carbonyl (C=O) groups excluding carboxylic acids is 1. The Morgan fingerprint density at radius 2 is 1.73 bits per heavy atom. The van der Waals surface area contributed by atoms with Gasteiger partial charge in [0, 0.05) is 5.97 Å². The molecule has 2 nitrogen and oxygen atoms in total. The van der Waals surface area contributed by atoms with E-state index in [9.17, 15) is 9.90 Å². The van der Waals surface area contributed by atoms with E-state index < -0.39 is 5.97 Å². The van der Waals surface area contributed by atoms with Crippen LogP contribution < -0.4 is 5.11 Å². The van der Waals surface area contributed by atoms with E-state index >= 15 is 0 Å². The largest absolute Gasteiger partial charge is 1.00 e. The van der Waals surface area contributed by atoms with E-state index in [1.807, 2.05) is 0 Å². The van der Waals surface area contributed by atoms with Crippen LogP contribution in [0.4, 0.5) is 0 Å². The molecule has 0 aliphatic heterocycles. The van der Waals surface area contributed by atoms with Crippen LogP contribution in [0.2, 0.25) is 0 Å². The van der Waals surface area contributed by atoms with E-state index in [1.54, 1.807) is 0 Å². The van der Waals surface area contributed by atoms with Gasteiger partial charge >= 0.3 is 27.3 Å². The average molecular weight is 348 g/mol. The number of carbonyl (C=O) groups is 1. The molecule has 0 aromatic rings. The molecule has 3 heteroatoms. The first-order chi connectivity index (χ1) is 4.77. The fourth-order valence-corrected chi connectivity index (χ4v) is 0.873. The molecular formula is C8H15O2Tl. The van der Waals surface area contributed by atoms with Crippen LogP contribution in [0, 0.1) is 0 Å². The van der Waals surface area contributed by atoms with Gasteiger partial charge in [0.2, 0.25) is 0 Å². The van der Waals surface area contributed by atoms with Crippen molar-refractivity contribution in [1.29, 1.82) is 0 Å². The van der Waals surface area contributed by atoms with Gasteiger partial charge in [0.05, 0.1) is 0 Å². The van der Waals surface area contributed by atoms with Crippen LogP contribution in [-0.4, -0.2) is 33.3 Å². The minimum absolute atomic E-state index is 0. The monoisotopic (exact) mass is 348 g/mol. The topological polar surface area (TPSA) is 40.1 Å². The van der Waals surface area contributed by atoms with Crippen molar-refractivity contribution in [2.45, 2.75) is 45.4 Å². The summed E-state index contributed by atoms with van der Waals surface area (Å²) in [5.74, 6) is -0.920. The van der Waals surface area contributed by atoms with Crippen LogP contribution in [0.15, 0.2) is 0 Å². The summed E-state index contributed by atoms with van der Waals surface area (Å²) in [5, 5.41) is 9.92. The van der Waals surface area contributed by atoms with Crippen LogP contribution in [-0.2, 0) is 4.79 Å². The molecule has 0 atom stereocenters. The molecule has 0 radical (unpaired) electrons. The molecule has 0 fully saturated rings. The standard InChI is InChI=1S/C8H16O2.Tl/c1-2-3-4-5-6-7-8(9)10;/h2-7H2,1H3,(H,9,10);/q;+1/p-1. The zero-order valence-electron chi connectivity index (χ0n) is 7.14. The molecule has 0 saturated heterocycles. The molecule has 0 aromatic carbocycles. The molecule has 11 heavy (non-hydrogen) atoms. The average Bonchev–Trinajstić information content (AvgIpc) is 1.87. The molecule has 0 spiro atoms. The Bertz CT molecular complexity index is 94.1. The quantitative estimate of drug-likeness (QED) is 0.525. The molecule has 0 rings (SSSR count). The summed E-state index contributed by atoms with van der Waals surface area (Å²) >= 11 is 0. The van der Waals surface area contributed by atoms with Crippen molar-refractivity contribution in [1.82, 2.24) is 0 Å². The first kappa shape index (κ1) is 13.9. The molecule has 0 unspecified atom stereocenters. The van der Waals surface area contributed by atoms with Crippen molar-refractivity contribution in [2.75, 3.05) is 0 Å². The first-order valence-corrected chi connectivity index (χ1v) is 3.97. The van der Waals surface area contributed by atoms with Crippen molar-refractivity contribution in [3.8, 4) is 0 Å². The number of carboxylic acid groups (broad SMARTS) is 1. The normalized spacial score (nSPS) is 8.82. The predicted octanol–water partition coefficient (Wildman–Crippen LogP) is 0.716. The van der Waals surface area contributed by atoms with Crippen molar-refractivity contribution < 1.29 is 9.90 Å². The Hall–Kier alpha value is 0.392. The van der Waals surface area contributed by atoms with Gasteiger partial charge in [-0.05, 0) is 12.8 Å². The Balaban J connectivity index is 0. The number of hydrogen-bond donors (Lipinski definition) is 0. The molecule has 0 saturated carbocycles. The van der Waals surface area contributed by atoms with Gasteiger partial charge in [-0.3, -0.25) is 0 Å². The van der Waals surface area contributed by atoms with Crippen molar-refractivity contribution in [3.05, 3.63) is 0 Å². The van der Waals surface area contributed by atoms with Gasteiger partial charge in [0.1, 0.15) is 0 Å². The molecule has 0 aliphatic carbocycles. The Kier molecular flexibility index (Phi) is 13.2. The maximum atomic E-state index is 9.92. The molecule has 0 aromatic heterocycles. The fourth-order valence-electron chi connectivity index (χ4n) is 0.873. The Labute approximate surface area is 88.5 Å². The van der Waals surface area contributed by atoms with E-state index in [1.165, 1.54) is 12.8 Å². The number of carboxylic acids is 1. The number of aliphatic carboxylic acids is 1. The number of unbranched alkanes of at least 4 members (excludes halogenated alkanes) is 4. The van der Waals surface area contributed by atoms with Gasteiger partial charge in [-0.2, -0.15) is 0 Å². The first-order valence-electron chi connectivity index (χ1n) is 3.97. The number of hydrogen-bond acceptors (Lipinski definition) is 2. The van der Waals surface area contributed by atoms with E-state index in [0.29, 0.717) is 0 Å². The molecular weight excluding hydrogens is 332 g/mol. The summed E-state index contributed by atoms with van der Waals surface area (Å²) in [7, 11) is 0. The third kappa shape index (κ3) is 13.4. The summed E-state index contributed by atoms with van der Waals surface area (Å²) in [6, 6.07) is 0. The second-order valence-corrected chi connectivity index (χ2v) is 2.54. The van der Waals surface area contributed by atoms with Crippen LogP contribution in [0.3, 0.4) is 0 Å². The van der Waals surface area contributed by atoms with Crippen LogP contribution in [0.1, 0.15) is 45.4 Å². The van der Waals surface area contributed by atoms with Crippen molar-refractivity contribution in [3.63, 3.8) is 0 Å². The number of rotatable bonds is 6. The molecule has 0 heterocycles. The van der Waals surface area contributed by atoms with Gasteiger partial charge in [-0.25, -0.2) is 0 Å². The zero-order valence-corrected chi connectivity index (χ0v) is 11.6. The Morgan fingerprint density at radius 1 is 1.18 bits per heavy atom. The second-order valence-electron chi connectivity index (χ2n) is 2.54. The molecule has 0 aliphatic rings. The maximum absolute atomic E-state index is 9.92. The zero-order chi connectivity index (χ0) is 7.82. The van der Waals surface area contributed by atoms with Crippen LogP contribution in [0.5, 0.6) is 0 Å². The van der Waals surface area contributed by atoms with E-state index in [0.717, 1.165) is 19.3 Å². The summed E-state index contributed by atoms with van der Waals surface area (Å²) in [4.78, 5) is 9.92. The molecule has 0 amide bonds. The van der Waals surface area contributed by atoms with Crippen LogP contribution >= 0.6 is 0 Å². The summed E-state index contributed by atoms with van der Waals surface area (Å²) in [6.45, 7) is 2.14. The summed E-state index contributed by atoms with van der Waals surface area (Å²) in [6.07, 6.45) is 5.61. The van der Waals surface area contributed by atoms with E-state index in [4.69, 9.17) is 0 Å². The van der Waals surface area contributed by atoms with Gasteiger partial charge in [-0.1, -0.05) is 32.6 Å². The smallest absolute Gasteiger partial charge is 0.550 e. The minimum Gasteiger partial charge on any atom is -0.550 e. The van der Waals surface area contributed by atoms with Gasteiger partial charge < -0.3 is 9.90 Å². The third-order valence-corrected chi connectivity index (χ3v) is 1.48. The second kappa shape index (κ2) is 10.4. The predicted molar refractivity (Wildman–Crippen MR) is 44.1 cm³/mol. The van der Waals surface area contributed by atoms with Gasteiger partial charge in [-0.15, -0.1) is 0 Å². The molecule has 0 N–H and O–H groups in total. The van der Waals surface area contributed by atoms with Gasteiger partial charge in [0.25, 0.3) is 0 Å². The van der Waals surface area contributed by atoms with E-state index in [2.05, 4.69) is 6.92 Å². The van der Waals surface area contributed by atoms with E-state index in [-0.39, 0.29) is 33.7 Å². The minimum atomic E-state index is -0.920. The molecule has 62 valence electrons. The Morgan fingerprint density at radius 3 is 2.18 bits per heavy atom. The molecule has 0 bridgehead atoms. The summed E-state index contributed by atoms with van der Waals surface area (Å²) < 4.78 is 0. The fraction of sp³-hybridized carbons (Fsp3) is 0.875. The summed E-state index contributed by atoms with van der Waals surface area (Å²) in [5.41, 5.74) is 0. The third-order valence-electron chi connectivity index (χ3n) is 1.48. The maximum Gasteiger partial charge on any atom is 1.00 e.